The minimum Gasteiger partial charge on any atom is -0.386 e. The molecule has 0 bridgehead atoms. The highest BCUT2D eigenvalue weighted by Crippen LogP contribution is 2.23. The minimum atomic E-state index is -0.496. The van der Waals surface area contributed by atoms with Gasteiger partial charge in [0, 0.05) is 29.4 Å². The van der Waals surface area contributed by atoms with Crippen molar-refractivity contribution in [3.05, 3.63) is 39.8 Å². The lowest BCUT2D eigenvalue weighted by Gasteiger charge is -2.05. The average molecular weight is 236 g/mol. The van der Waals surface area contributed by atoms with Crippen molar-refractivity contribution in [2.24, 2.45) is 7.05 Å². The zero-order valence-electron chi connectivity index (χ0n) is 9.55. The van der Waals surface area contributed by atoms with E-state index in [1.807, 2.05) is 19.3 Å². The predicted molar refractivity (Wildman–Crippen MR) is 65.6 cm³/mol. The van der Waals surface area contributed by atoms with Crippen LogP contribution in [0.2, 0.25) is 0 Å². The van der Waals surface area contributed by atoms with E-state index in [9.17, 15) is 5.11 Å². The van der Waals surface area contributed by atoms with Crippen LogP contribution in [-0.2, 0) is 19.9 Å². The fraction of sp³-hybridized carbons (Fsp3) is 0.417. The summed E-state index contributed by atoms with van der Waals surface area (Å²) in [5.41, 5.74) is 0.744. The van der Waals surface area contributed by atoms with E-state index in [0.717, 1.165) is 12.1 Å². The molecule has 1 N–H and O–H groups in total. The van der Waals surface area contributed by atoms with Crippen LogP contribution in [0.1, 0.15) is 28.5 Å². The molecule has 0 aromatic carbocycles. The van der Waals surface area contributed by atoms with Crippen molar-refractivity contribution in [3.63, 3.8) is 0 Å². The summed E-state index contributed by atoms with van der Waals surface area (Å²) in [4.78, 5) is 2.58. The normalized spacial score (nSPS) is 12.9. The van der Waals surface area contributed by atoms with Gasteiger partial charge in [-0.05, 0) is 24.6 Å². The standard InChI is InChI=1S/C12H16N2OS/c1-3-9-4-5-10(16-9)8-12(15)11-6-7-14(2)13-11/h4-7,12,15H,3,8H2,1-2H3. The summed E-state index contributed by atoms with van der Waals surface area (Å²) in [5.74, 6) is 0. The van der Waals surface area contributed by atoms with E-state index < -0.39 is 6.10 Å². The number of hydrogen-bond acceptors (Lipinski definition) is 3. The second kappa shape index (κ2) is 4.80. The van der Waals surface area contributed by atoms with Gasteiger partial charge in [-0.2, -0.15) is 5.10 Å². The molecule has 0 radical (unpaired) electrons. The first-order chi connectivity index (χ1) is 7.69. The molecule has 2 aromatic heterocycles. The number of aryl methyl sites for hydroxylation is 2. The Morgan fingerprint density at radius 1 is 1.38 bits per heavy atom. The monoisotopic (exact) mass is 236 g/mol. The first-order valence-corrected chi connectivity index (χ1v) is 6.26. The highest BCUT2D eigenvalue weighted by Gasteiger charge is 2.12. The molecule has 0 spiro atoms. The number of thiophene rings is 1. The first-order valence-electron chi connectivity index (χ1n) is 5.44. The van der Waals surface area contributed by atoms with Crippen LogP contribution < -0.4 is 0 Å². The van der Waals surface area contributed by atoms with Crippen LogP contribution in [0, 0.1) is 0 Å². The lowest BCUT2D eigenvalue weighted by Crippen LogP contribution is -2.02. The molecule has 0 aliphatic rings. The molecule has 1 unspecified atom stereocenters. The van der Waals surface area contributed by atoms with Gasteiger partial charge in [0.15, 0.2) is 0 Å². The van der Waals surface area contributed by atoms with Crippen molar-refractivity contribution in [2.45, 2.75) is 25.9 Å². The van der Waals surface area contributed by atoms with E-state index in [-0.39, 0.29) is 0 Å². The summed E-state index contributed by atoms with van der Waals surface area (Å²) >= 11 is 1.77. The highest BCUT2D eigenvalue weighted by molar-refractivity contribution is 7.11. The van der Waals surface area contributed by atoms with Crippen molar-refractivity contribution in [2.75, 3.05) is 0 Å². The largest absolute Gasteiger partial charge is 0.386 e. The number of nitrogens with zero attached hydrogens (tertiary/aromatic N) is 2. The summed E-state index contributed by atoms with van der Waals surface area (Å²) in [6.07, 6.45) is 3.07. The van der Waals surface area contributed by atoms with Crippen LogP contribution in [0.3, 0.4) is 0 Å². The van der Waals surface area contributed by atoms with Crippen molar-refractivity contribution < 1.29 is 5.11 Å². The molecule has 0 fully saturated rings. The zero-order chi connectivity index (χ0) is 11.5. The van der Waals surface area contributed by atoms with Gasteiger partial charge in [-0.1, -0.05) is 6.92 Å². The molecular formula is C12H16N2OS. The molecule has 0 saturated heterocycles. The van der Waals surface area contributed by atoms with E-state index in [0.29, 0.717) is 6.42 Å². The fourth-order valence-electron chi connectivity index (χ4n) is 1.63. The van der Waals surface area contributed by atoms with E-state index in [2.05, 4.69) is 24.2 Å². The molecule has 0 aliphatic heterocycles. The smallest absolute Gasteiger partial charge is 0.103 e. The van der Waals surface area contributed by atoms with Gasteiger partial charge in [0.05, 0.1) is 5.69 Å². The zero-order valence-corrected chi connectivity index (χ0v) is 10.4. The van der Waals surface area contributed by atoms with Crippen molar-refractivity contribution in [1.82, 2.24) is 9.78 Å². The molecule has 4 heteroatoms. The Kier molecular flexibility index (Phi) is 3.41. The quantitative estimate of drug-likeness (QED) is 0.884. The Labute approximate surface area is 99.4 Å². The lowest BCUT2D eigenvalue weighted by molar-refractivity contribution is 0.173. The number of aromatic nitrogens is 2. The van der Waals surface area contributed by atoms with E-state index in [1.165, 1.54) is 9.75 Å². The van der Waals surface area contributed by atoms with Gasteiger partial charge >= 0.3 is 0 Å². The minimum absolute atomic E-state index is 0.496. The second-order valence-electron chi connectivity index (χ2n) is 3.86. The maximum absolute atomic E-state index is 10.0. The number of rotatable bonds is 4. The predicted octanol–water partition coefficient (Wildman–Crippen LogP) is 2.32. The Balaban J connectivity index is 2.04. The third-order valence-corrected chi connectivity index (χ3v) is 3.79. The van der Waals surface area contributed by atoms with E-state index in [1.54, 1.807) is 16.0 Å². The Bertz CT molecular complexity index is 461. The molecule has 0 aliphatic carbocycles. The second-order valence-corrected chi connectivity index (χ2v) is 5.11. The highest BCUT2D eigenvalue weighted by atomic mass is 32.1. The van der Waals surface area contributed by atoms with Crippen LogP contribution in [0.15, 0.2) is 24.4 Å². The molecule has 2 heterocycles. The van der Waals surface area contributed by atoms with Gasteiger partial charge in [0.25, 0.3) is 0 Å². The molecule has 1 atom stereocenters. The van der Waals surface area contributed by atoms with Crippen molar-refractivity contribution in [1.29, 1.82) is 0 Å². The van der Waals surface area contributed by atoms with Gasteiger partial charge in [0.1, 0.15) is 6.10 Å². The van der Waals surface area contributed by atoms with Gasteiger partial charge in [-0.25, -0.2) is 0 Å². The summed E-state index contributed by atoms with van der Waals surface area (Å²) in [6.45, 7) is 2.14. The molecule has 0 saturated carbocycles. The Morgan fingerprint density at radius 2 is 2.12 bits per heavy atom. The molecule has 2 aromatic rings. The Morgan fingerprint density at radius 3 is 2.69 bits per heavy atom. The molecule has 2 rings (SSSR count). The third kappa shape index (κ3) is 2.51. The summed E-state index contributed by atoms with van der Waals surface area (Å²) < 4.78 is 1.71. The third-order valence-electron chi connectivity index (χ3n) is 2.54. The Hall–Kier alpha value is -1.13. The van der Waals surface area contributed by atoms with Crippen molar-refractivity contribution >= 4 is 11.3 Å². The van der Waals surface area contributed by atoms with Crippen LogP contribution >= 0.6 is 11.3 Å². The van der Waals surface area contributed by atoms with Gasteiger partial charge in [-0.15, -0.1) is 11.3 Å². The van der Waals surface area contributed by atoms with E-state index in [4.69, 9.17) is 0 Å². The number of hydrogen-bond donors (Lipinski definition) is 1. The van der Waals surface area contributed by atoms with Gasteiger partial charge < -0.3 is 5.11 Å². The lowest BCUT2D eigenvalue weighted by atomic mass is 10.1. The SMILES string of the molecule is CCc1ccc(CC(O)c2ccn(C)n2)s1. The summed E-state index contributed by atoms with van der Waals surface area (Å²) in [7, 11) is 1.86. The van der Waals surface area contributed by atoms with Crippen molar-refractivity contribution in [3.8, 4) is 0 Å². The van der Waals surface area contributed by atoms with Gasteiger partial charge in [-0.3, -0.25) is 4.68 Å². The van der Waals surface area contributed by atoms with Gasteiger partial charge in [0.2, 0.25) is 0 Å². The fourth-order valence-corrected chi connectivity index (χ4v) is 2.62. The molecule has 0 amide bonds. The topological polar surface area (TPSA) is 38.0 Å². The molecule has 16 heavy (non-hydrogen) atoms. The van der Waals surface area contributed by atoms with Crippen LogP contribution in [0.4, 0.5) is 0 Å². The van der Waals surface area contributed by atoms with Crippen LogP contribution in [0.5, 0.6) is 0 Å². The molecular weight excluding hydrogens is 220 g/mol. The summed E-state index contributed by atoms with van der Waals surface area (Å²) in [6, 6.07) is 6.08. The van der Waals surface area contributed by atoms with Crippen LogP contribution in [-0.4, -0.2) is 14.9 Å². The maximum atomic E-state index is 10.0. The summed E-state index contributed by atoms with van der Waals surface area (Å²) in [5, 5.41) is 14.2. The maximum Gasteiger partial charge on any atom is 0.103 e. The number of aliphatic hydroxyl groups is 1. The first kappa shape index (κ1) is 11.4. The van der Waals surface area contributed by atoms with E-state index >= 15 is 0 Å². The van der Waals surface area contributed by atoms with Crippen LogP contribution in [0.25, 0.3) is 0 Å². The molecule has 86 valence electrons. The molecule has 3 nitrogen and oxygen atoms in total. The average Bonchev–Trinajstić information content (AvgIpc) is 2.87. The number of aliphatic hydroxyl groups excluding tert-OH is 1.